The summed E-state index contributed by atoms with van der Waals surface area (Å²) < 4.78 is 25.0. The van der Waals surface area contributed by atoms with E-state index in [1.165, 1.54) is 11.3 Å². The SMILES string of the molecule is CS(=O)(=O)Nc1cccc(NC(=O)C2CCN(C(=O)Nc3cccs3)CC2)c1. The van der Waals surface area contributed by atoms with Gasteiger partial charge in [0.1, 0.15) is 0 Å². The Labute approximate surface area is 168 Å². The van der Waals surface area contributed by atoms with Gasteiger partial charge in [-0.1, -0.05) is 6.07 Å². The lowest BCUT2D eigenvalue weighted by molar-refractivity contribution is -0.121. The first-order chi connectivity index (χ1) is 13.3. The number of nitrogens with zero attached hydrogens (tertiary/aromatic N) is 1. The van der Waals surface area contributed by atoms with Gasteiger partial charge < -0.3 is 10.2 Å². The molecule has 0 saturated carbocycles. The van der Waals surface area contributed by atoms with E-state index in [-0.39, 0.29) is 17.9 Å². The van der Waals surface area contributed by atoms with Gasteiger partial charge >= 0.3 is 6.03 Å². The Morgan fingerprint density at radius 2 is 1.79 bits per heavy atom. The number of piperidine rings is 1. The smallest absolute Gasteiger partial charge is 0.322 e. The molecular weight excluding hydrogens is 400 g/mol. The molecule has 2 aromatic rings. The lowest BCUT2D eigenvalue weighted by Crippen LogP contribution is -2.43. The summed E-state index contributed by atoms with van der Waals surface area (Å²) in [7, 11) is -3.38. The lowest BCUT2D eigenvalue weighted by Gasteiger charge is -2.31. The molecule has 0 aliphatic carbocycles. The van der Waals surface area contributed by atoms with Crippen molar-refractivity contribution in [3.8, 4) is 0 Å². The van der Waals surface area contributed by atoms with E-state index in [0.717, 1.165) is 11.3 Å². The van der Waals surface area contributed by atoms with Crippen molar-refractivity contribution in [3.63, 3.8) is 0 Å². The monoisotopic (exact) mass is 422 g/mol. The highest BCUT2D eigenvalue weighted by atomic mass is 32.2. The van der Waals surface area contributed by atoms with Crippen LogP contribution < -0.4 is 15.4 Å². The third kappa shape index (κ3) is 5.70. The van der Waals surface area contributed by atoms with Crippen molar-refractivity contribution in [2.75, 3.05) is 34.7 Å². The van der Waals surface area contributed by atoms with Crippen LogP contribution in [0.2, 0.25) is 0 Å². The van der Waals surface area contributed by atoms with Gasteiger partial charge in [0.15, 0.2) is 0 Å². The largest absolute Gasteiger partial charge is 0.326 e. The zero-order chi connectivity index (χ0) is 20.1. The van der Waals surface area contributed by atoms with E-state index < -0.39 is 10.0 Å². The summed E-state index contributed by atoms with van der Waals surface area (Å²) in [6, 6.07) is 10.1. The average Bonchev–Trinajstić information content (AvgIpc) is 3.13. The number of likely N-dealkylation sites (tertiary alicyclic amines) is 1. The molecule has 0 radical (unpaired) electrons. The second-order valence-electron chi connectivity index (χ2n) is 6.61. The number of sulfonamides is 1. The first-order valence-corrected chi connectivity index (χ1v) is 11.6. The second kappa shape index (κ2) is 8.61. The maximum absolute atomic E-state index is 12.5. The van der Waals surface area contributed by atoms with Crippen LogP contribution in [0.15, 0.2) is 41.8 Å². The van der Waals surface area contributed by atoms with Crippen LogP contribution in [0.3, 0.4) is 0 Å². The molecule has 28 heavy (non-hydrogen) atoms. The fraction of sp³-hybridized carbons (Fsp3) is 0.333. The molecule has 1 aromatic carbocycles. The molecule has 150 valence electrons. The standard InChI is InChI=1S/C18H22N4O4S2/c1-28(25,26)21-15-5-2-4-14(12-15)19-17(23)13-7-9-22(10-8-13)18(24)20-16-6-3-11-27-16/h2-6,11-13,21H,7-10H2,1H3,(H,19,23)(H,20,24). The molecule has 1 aromatic heterocycles. The number of hydrogen-bond acceptors (Lipinski definition) is 5. The van der Waals surface area contributed by atoms with Gasteiger partial charge in [-0.2, -0.15) is 0 Å². The number of urea groups is 1. The Hall–Kier alpha value is -2.59. The predicted molar refractivity (Wildman–Crippen MR) is 111 cm³/mol. The van der Waals surface area contributed by atoms with Gasteiger partial charge in [0.25, 0.3) is 0 Å². The summed E-state index contributed by atoms with van der Waals surface area (Å²) in [6.45, 7) is 1.01. The molecule has 1 aliphatic heterocycles. The molecule has 10 heteroatoms. The normalized spacial score (nSPS) is 15.1. The highest BCUT2D eigenvalue weighted by molar-refractivity contribution is 7.92. The van der Waals surface area contributed by atoms with Crippen LogP contribution in [0.25, 0.3) is 0 Å². The molecule has 0 bridgehead atoms. The molecule has 1 saturated heterocycles. The highest BCUT2D eigenvalue weighted by Gasteiger charge is 2.27. The maximum Gasteiger partial charge on any atom is 0.322 e. The molecule has 1 aliphatic rings. The number of thiophene rings is 1. The van der Waals surface area contributed by atoms with Crippen LogP contribution in [0, 0.1) is 5.92 Å². The fourth-order valence-electron chi connectivity index (χ4n) is 3.00. The Bertz CT molecular complexity index is 936. The van der Waals surface area contributed by atoms with Crippen LogP contribution in [0.5, 0.6) is 0 Å². The summed E-state index contributed by atoms with van der Waals surface area (Å²) in [5, 5.41) is 8.37. The van der Waals surface area contributed by atoms with Crippen molar-refractivity contribution >= 4 is 49.7 Å². The highest BCUT2D eigenvalue weighted by Crippen LogP contribution is 2.23. The molecule has 3 N–H and O–H groups in total. The fourth-order valence-corrected chi connectivity index (χ4v) is 4.16. The first kappa shape index (κ1) is 20.2. The van der Waals surface area contributed by atoms with Crippen molar-refractivity contribution in [2.24, 2.45) is 5.92 Å². The molecule has 0 spiro atoms. The number of rotatable bonds is 5. The van der Waals surface area contributed by atoms with Crippen LogP contribution in [0.4, 0.5) is 21.2 Å². The van der Waals surface area contributed by atoms with Crippen LogP contribution in [0.1, 0.15) is 12.8 Å². The van der Waals surface area contributed by atoms with Gasteiger partial charge in [0, 0.05) is 24.7 Å². The summed E-state index contributed by atoms with van der Waals surface area (Å²) in [5.74, 6) is -0.327. The second-order valence-corrected chi connectivity index (χ2v) is 9.31. The topological polar surface area (TPSA) is 108 Å². The summed E-state index contributed by atoms with van der Waals surface area (Å²) in [6.07, 6.45) is 2.22. The number of anilines is 3. The van der Waals surface area contributed by atoms with E-state index in [0.29, 0.717) is 37.3 Å². The Morgan fingerprint density at radius 3 is 2.43 bits per heavy atom. The number of amides is 3. The average molecular weight is 423 g/mol. The molecule has 8 nitrogen and oxygen atoms in total. The van der Waals surface area contributed by atoms with Crippen LogP contribution in [-0.4, -0.2) is 44.6 Å². The molecule has 0 unspecified atom stereocenters. The number of nitrogens with one attached hydrogen (secondary N) is 3. The van der Waals surface area contributed by atoms with Gasteiger partial charge in [-0.15, -0.1) is 11.3 Å². The third-order valence-corrected chi connectivity index (χ3v) is 5.73. The van der Waals surface area contributed by atoms with E-state index in [1.807, 2.05) is 17.5 Å². The van der Waals surface area contributed by atoms with E-state index in [9.17, 15) is 18.0 Å². The van der Waals surface area contributed by atoms with Crippen LogP contribution in [-0.2, 0) is 14.8 Å². The van der Waals surface area contributed by atoms with E-state index in [2.05, 4.69) is 15.4 Å². The van der Waals surface area contributed by atoms with Gasteiger partial charge in [-0.25, -0.2) is 13.2 Å². The van der Waals surface area contributed by atoms with Crippen molar-refractivity contribution in [1.29, 1.82) is 0 Å². The Morgan fingerprint density at radius 1 is 1.07 bits per heavy atom. The predicted octanol–water partition coefficient (Wildman–Crippen LogP) is 3.00. The molecule has 3 rings (SSSR count). The number of carbonyl (C=O) groups excluding carboxylic acids is 2. The van der Waals surface area contributed by atoms with Gasteiger partial charge in [0.05, 0.1) is 16.9 Å². The first-order valence-electron chi connectivity index (χ1n) is 8.78. The number of benzene rings is 1. The minimum Gasteiger partial charge on any atom is -0.326 e. The molecule has 3 amide bonds. The Balaban J connectivity index is 1.51. The van der Waals surface area contributed by atoms with E-state index in [1.54, 1.807) is 29.2 Å². The van der Waals surface area contributed by atoms with Crippen molar-refractivity contribution < 1.29 is 18.0 Å². The number of carbonyl (C=O) groups is 2. The molecular formula is C18H22N4O4S2. The van der Waals surface area contributed by atoms with Crippen molar-refractivity contribution in [2.45, 2.75) is 12.8 Å². The van der Waals surface area contributed by atoms with Crippen molar-refractivity contribution in [1.82, 2.24) is 4.90 Å². The Kier molecular flexibility index (Phi) is 6.20. The summed E-state index contributed by atoms with van der Waals surface area (Å²) >= 11 is 1.46. The maximum atomic E-state index is 12.5. The minimum absolute atomic E-state index is 0.130. The zero-order valence-electron chi connectivity index (χ0n) is 15.3. The molecule has 0 atom stereocenters. The molecule has 1 fully saturated rings. The van der Waals surface area contributed by atoms with Gasteiger partial charge in [-0.3, -0.25) is 14.8 Å². The van der Waals surface area contributed by atoms with Crippen LogP contribution >= 0.6 is 11.3 Å². The van der Waals surface area contributed by atoms with Gasteiger partial charge in [0.2, 0.25) is 15.9 Å². The zero-order valence-corrected chi connectivity index (χ0v) is 17.0. The van der Waals surface area contributed by atoms with Crippen molar-refractivity contribution in [3.05, 3.63) is 41.8 Å². The number of hydrogen-bond donors (Lipinski definition) is 3. The molecule has 2 heterocycles. The third-order valence-electron chi connectivity index (χ3n) is 4.34. The quantitative estimate of drug-likeness (QED) is 0.688. The lowest BCUT2D eigenvalue weighted by atomic mass is 9.96. The van der Waals surface area contributed by atoms with Gasteiger partial charge in [-0.05, 0) is 48.6 Å². The minimum atomic E-state index is -3.38. The van der Waals surface area contributed by atoms with E-state index >= 15 is 0 Å². The summed E-state index contributed by atoms with van der Waals surface area (Å²) in [5.41, 5.74) is 0.914. The summed E-state index contributed by atoms with van der Waals surface area (Å²) in [4.78, 5) is 26.5. The van der Waals surface area contributed by atoms with E-state index in [4.69, 9.17) is 0 Å².